The molecule has 0 atom stereocenters. The van der Waals surface area contributed by atoms with Crippen LogP contribution in [0, 0.1) is 31.8 Å². The van der Waals surface area contributed by atoms with Crippen LogP contribution in [0.25, 0.3) is 94.3 Å². The van der Waals surface area contributed by atoms with Crippen molar-refractivity contribution in [2.45, 2.75) is 53.2 Å². The Hall–Kier alpha value is -6.76. The van der Waals surface area contributed by atoms with Crippen LogP contribution in [-0.2, 0) is 20.1 Å². The number of aromatic nitrogens is 3. The minimum atomic E-state index is -1.50. The molecule has 11 rings (SSSR count). The molecule has 7 heteroatoms. The largest absolute Gasteiger partial charge is 0.500 e. The van der Waals surface area contributed by atoms with Gasteiger partial charge >= 0.3 is 0 Å². The number of furan rings is 1. The summed E-state index contributed by atoms with van der Waals surface area (Å²) in [5.41, 5.74) is 15.1. The van der Waals surface area contributed by atoms with Crippen LogP contribution in [0.3, 0.4) is 0 Å². The fraction of sp³-hybridized carbons (Fsp3) is 0.133. The topological polar surface area (TPSA) is 43.9 Å². The number of nitrogens with zero attached hydrogens (tertiary/aromatic N) is 3. The van der Waals surface area contributed by atoms with E-state index in [9.17, 15) is 4.39 Å². The number of imidazole rings is 1. The van der Waals surface area contributed by atoms with Crippen molar-refractivity contribution in [3.63, 3.8) is 0 Å². The first-order chi connectivity index (χ1) is 32.2. The van der Waals surface area contributed by atoms with Crippen LogP contribution >= 0.6 is 0 Å². The number of benzene rings is 8. The second-order valence-electron chi connectivity index (χ2n) is 18.3. The van der Waals surface area contributed by atoms with E-state index in [1.807, 2.05) is 74.6 Å². The first-order valence-electron chi connectivity index (χ1n) is 22.9. The van der Waals surface area contributed by atoms with Gasteiger partial charge in [0.25, 0.3) is 0 Å². The summed E-state index contributed by atoms with van der Waals surface area (Å²) in [5.74, 6) is -0.0613. The van der Waals surface area contributed by atoms with Gasteiger partial charge in [-0.25, -0.2) is 4.39 Å². The van der Waals surface area contributed by atoms with Crippen LogP contribution in [0.4, 0.5) is 4.39 Å². The van der Waals surface area contributed by atoms with Crippen LogP contribution in [0.1, 0.15) is 37.8 Å². The molecule has 0 N–H and O–H groups in total. The number of halogens is 1. The fourth-order valence-corrected chi connectivity index (χ4v) is 10.8. The summed E-state index contributed by atoms with van der Waals surface area (Å²) in [5, 5.41) is 5.41. The molecule has 0 fully saturated rings. The van der Waals surface area contributed by atoms with E-state index in [0.29, 0.717) is 0 Å². The number of hydrogen-bond acceptors (Lipinski definition) is 3. The molecule has 0 unspecified atom stereocenters. The molecule has 0 bridgehead atoms. The van der Waals surface area contributed by atoms with Crippen molar-refractivity contribution in [2.24, 2.45) is 0 Å². The first-order valence-corrected chi connectivity index (χ1v) is 25.9. The summed E-state index contributed by atoms with van der Waals surface area (Å²) in [7, 11) is -1.50. The minimum Gasteiger partial charge on any atom is -0.500 e. The molecular weight excluding hydrogens is 1020 g/mol. The molecule has 1 radical (unpaired) electrons. The molecule has 67 heavy (non-hydrogen) atoms. The Morgan fingerprint density at radius 2 is 1.33 bits per heavy atom. The minimum absolute atomic E-state index is 0. The van der Waals surface area contributed by atoms with E-state index in [-0.39, 0.29) is 25.9 Å². The number of hydrogen-bond donors (Lipinski definition) is 0. The zero-order valence-corrected chi connectivity index (χ0v) is 42.0. The summed E-state index contributed by atoms with van der Waals surface area (Å²) in [6.45, 7) is 15.1. The van der Waals surface area contributed by atoms with Gasteiger partial charge in [-0.15, -0.1) is 54.1 Å². The van der Waals surface area contributed by atoms with Crippen LogP contribution in [0.15, 0.2) is 174 Å². The zero-order valence-electron chi connectivity index (χ0n) is 39.6. The van der Waals surface area contributed by atoms with Crippen molar-refractivity contribution in [1.29, 1.82) is 0 Å². The average molecular weight is 1070 g/mol. The van der Waals surface area contributed by atoms with Crippen LogP contribution in [0.5, 0.6) is 0 Å². The van der Waals surface area contributed by atoms with Crippen molar-refractivity contribution in [1.82, 2.24) is 14.5 Å². The summed E-state index contributed by atoms with van der Waals surface area (Å²) in [4.78, 5) is 9.81. The molecule has 333 valence electrons. The van der Waals surface area contributed by atoms with E-state index < -0.39 is 14.0 Å². The maximum absolute atomic E-state index is 13.6. The molecule has 8 aromatic carbocycles. The normalized spacial score (nSPS) is 12.0. The van der Waals surface area contributed by atoms with Gasteiger partial charge in [0.1, 0.15) is 11.4 Å². The van der Waals surface area contributed by atoms with Gasteiger partial charge in [0.2, 0.25) is 0 Å². The molecule has 0 spiro atoms. The first kappa shape index (κ1) is 44.1. The Morgan fingerprint density at radius 1 is 0.657 bits per heavy atom. The molecule has 0 aliphatic rings. The van der Waals surface area contributed by atoms with Crippen molar-refractivity contribution in [2.75, 3.05) is 0 Å². The summed E-state index contributed by atoms with van der Waals surface area (Å²) >= 11 is 0. The zero-order chi connectivity index (χ0) is 46.6. The van der Waals surface area contributed by atoms with Crippen molar-refractivity contribution in [3.8, 4) is 50.6 Å². The Morgan fingerprint density at radius 3 is 2.04 bits per heavy atom. The number of para-hydroxylation sites is 2. The Bertz CT molecular complexity index is 3610. The van der Waals surface area contributed by atoms with E-state index in [1.165, 1.54) is 28.4 Å². The van der Waals surface area contributed by atoms with Gasteiger partial charge in [-0.05, 0) is 112 Å². The monoisotopic (exact) mass is 1070 g/mol. The second kappa shape index (κ2) is 18.5. The van der Waals surface area contributed by atoms with Crippen molar-refractivity contribution < 1.29 is 30.3 Å². The van der Waals surface area contributed by atoms with Gasteiger partial charge in [0, 0.05) is 44.1 Å². The maximum Gasteiger partial charge on any atom is 0.128 e. The summed E-state index contributed by atoms with van der Waals surface area (Å²) in [6, 6.07) is 61.1. The molecule has 0 aliphatic carbocycles. The summed E-state index contributed by atoms with van der Waals surface area (Å²) in [6.07, 6.45) is 1.98. The summed E-state index contributed by atoms with van der Waals surface area (Å²) < 4.78 is 31.1. The SMILES string of the molecule is Cc1cc(-c2ccccc2)cc(C)c1-n1c(-c2[c-]ccc3c2oc2c4ccc(-c5ccc(F)cc5)cc4ccc32)nc2ccccc21.[2H]C(C)(C)c1cc(-c2[c-]cccc2)ncc1[Si](C)(C)C.[Ir]. The predicted octanol–water partition coefficient (Wildman–Crippen LogP) is 15.9. The standard InChI is InChI=1S/C43H28FN2O.C17H22NSi.Ir/c1-26-23-32(28-9-4-3-5-10-28)24-27(2)40(26)46-39-14-7-6-13-38(39)45-43(46)37-12-8-11-35-36-22-18-31-25-30(29-15-19-33(44)20-16-29)17-21-34(31)41(36)47-42(35)37;1-13(2)15-11-16(14-9-7-6-8-10-14)18-12-17(15)19(3,4)5;/h3-11,13-25H,1-2H3;6-9,11-13H,1-5H3;/q2*-1;/i;13D;. The maximum atomic E-state index is 13.6. The number of aryl methyl sites for hydroxylation is 2. The predicted molar refractivity (Wildman–Crippen MR) is 276 cm³/mol. The van der Waals surface area contributed by atoms with Crippen molar-refractivity contribution >= 4 is 57.0 Å². The van der Waals surface area contributed by atoms with Crippen LogP contribution < -0.4 is 5.19 Å². The number of fused-ring (bicyclic) bond motifs is 6. The van der Waals surface area contributed by atoms with Crippen LogP contribution in [-0.4, -0.2) is 22.6 Å². The van der Waals surface area contributed by atoms with Gasteiger partial charge in [0.15, 0.2) is 0 Å². The van der Waals surface area contributed by atoms with Gasteiger partial charge in [-0.1, -0.05) is 135 Å². The molecular formula is C60H50FIrN3OSi-2. The molecule has 0 saturated carbocycles. The third-order valence-electron chi connectivity index (χ3n) is 12.4. The van der Waals surface area contributed by atoms with Gasteiger partial charge in [0.05, 0.1) is 30.5 Å². The van der Waals surface area contributed by atoms with E-state index >= 15 is 0 Å². The van der Waals surface area contributed by atoms with Gasteiger partial charge in [-0.3, -0.25) is 4.98 Å². The molecule has 4 nitrogen and oxygen atoms in total. The molecule has 3 aromatic heterocycles. The fourth-order valence-electron chi connectivity index (χ4n) is 9.21. The van der Waals surface area contributed by atoms with E-state index in [0.717, 1.165) is 99.9 Å². The van der Waals surface area contributed by atoms with Crippen molar-refractivity contribution in [3.05, 3.63) is 205 Å². The molecule has 0 saturated heterocycles. The average Bonchev–Trinajstić information content (AvgIpc) is 3.91. The van der Waals surface area contributed by atoms with Gasteiger partial charge < -0.3 is 14.0 Å². The third-order valence-corrected chi connectivity index (χ3v) is 14.4. The molecule has 0 amide bonds. The van der Waals surface area contributed by atoms with E-state index in [2.05, 4.69) is 152 Å². The smallest absolute Gasteiger partial charge is 0.128 e. The Balaban J connectivity index is 0.000000232. The van der Waals surface area contributed by atoms with E-state index in [4.69, 9.17) is 10.8 Å². The molecule has 0 aliphatic heterocycles. The molecule has 3 heterocycles. The molecule has 11 aromatic rings. The quantitative estimate of drug-likeness (QED) is 0.118. The van der Waals surface area contributed by atoms with Crippen LogP contribution in [0.2, 0.25) is 19.6 Å². The second-order valence-corrected chi connectivity index (χ2v) is 23.3. The Kier molecular flexibility index (Phi) is 12.2. The van der Waals surface area contributed by atoms with Gasteiger partial charge in [-0.2, -0.15) is 0 Å². The van der Waals surface area contributed by atoms with E-state index in [1.54, 1.807) is 0 Å². The number of pyridine rings is 1. The Labute approximate surface area is 408 Å². The number of rotatable bonds is 7. The third kappa shape index (κ3) is 8.71.